The van der Waals surface area contributed by atoms with E-state index in [0.29, 0.717) is 11.7 Å². The van der Waals surface area contributed by atoms with Gasteiger partial charge in [0.15, 0.2) is 12.1 Å². The number of fused-ring (bicyclic) bond motifs is 2. The standard InChI is InChI=1S/C20H26O3/c1-19(2)16-10-11-20(19,3)17(21)15(16)12-13-6-8-14(9-7-13)18(22-4)23-5/h6-9,12,16,18H,10-11H2,1-5H3/b15-12-. The number of hydrogen-bond donors (Lipinski definition) is 0. The quantitative estimate of drug-likeness (QED) is 0.611. The van der Waals surface area contributed by atoms with Gasteiger partial charge in [-0.05, 0) is 41.4 Å². The van der Waals surface area contributed by atoms with Crippen molar-refractivity contribution in [3.05, 3.63) is 41.0 Å². The number of benzene rings is 1. The highest BCUT2D eigenvalue weighted by molar-refractivity contribution is 6.07. The molecule has 124 valence electrons. The van der Waals surface area contributed by atoms with Gasteiger partial charge in [-0.2, -0.15) is 0 Å². The van der Waals surface area contributed by atoms with Crippen LogP contribution < -0.4 is 0 Å². The third-order valence-corrected chi connectivity index (χ3v) is 6.32. The van der Waals surface area contributed by atoms with Crippen molar-refractivity contribution in [3.8, 4) is 0 Å². The predicted molar refractivity (Wildman–Crippen MR) is 90.8 cm³/mol. The van der Waals surface area contributed by atoms with Gasteiger partial charge in [0.1, 0.15) is 0 Å². The maximum Gasteiger partial charge on any atom is 0.183 e. The van der Waals surface area contributed by atoms with Crippen molar-refractivity contribution in [2.75, 3.05) is 14.2 Å². The molecule has 0 heterocycles. The molecule has 2 saturated carbocycles. The van der Waals surface area contributed by atoms with Gasteiger partial charge in [-0.15, -0.1) is 0 Å². The van der Waals surface area contributed by atoms with Crippen LogP contribution in [0.25, 0.3) is 6.08 Å². The Kier molecular flexibility index (Phi) is 3.97. The monoisotopic (exact) mass is 314 g/mol. The SMILES string of the molecule is COC(OC)c1ccc(/C=C2\C(=O)C3(C)CCC2C3(C)C)cc1. The van der Waals surface area contributed by atoms with Crippen LogP contribution in [-0.2, 0) is 14.3 Å². The molecule has 3 rings (SSSR count). The molecule has 1 aromatic carbocycles. The molecule has 2 unspecified atom stereocenters. The van der Waals surface area contributed by atoms with E-state index < -0.39 is 0 Å². The lowest BCUT2D eigenvalue weighted by atomic mass is 9.70. The first kappa shape index (κ1) is 16.4. The molecule has 2 fully saturated rings. The Morgan fingerprint density at radius 2 is 1.74 bits per heavy atom. The van der Waals surface area contributed by atoms with Gasteiger partial charge in [-0.3, -0.25) is 4.79 Å². The summed E-state index contributed by atoms with van der Waals surface area (Å²) in [6.45, 7) is 6.63. The van der Waals surface area contributed by atoms with E-state index in [2.05, 4.69) is 26.8 Å². The fourth-order valence-electron chi connectivity index (χ4n) is 4.39. The van der Waals surface area contributed by atoms with Gasteiger partial charge < -0.3 is 9.47 Å². The first-order chi connectivity index (χ1) is 10.8. The lowest BCUT2D eigenvalue weighted by Crippen LogP contribution is -2.32. The van der Waals surface area contributed by atoms with Crippen LogP contribution in [-0.4, -0.2) is 20.0 Å². The molecule has 0 aromatic heterocycles. The Labute approximate surface area is 138 Å². The number of carbonyl (C=O) groups is 1. The second kappa shape index (κ2) is 5.57. The summed E-state index contributed by atoms with van der Waals surface area (Å²) in [5, 5.41) is 0. The molecule has 0 amide bonds. The number of methoxy groups -OCH3 is 2. The maximum absolute atomic E-state index is 12.9. The number of carbonyl (C=O) groups excluding carboxylic acids is 1. The Balaban J connectivity index is 1.90. The van der Waals surface area contributed by atoms with E-state index in [1.807, 2.05) is 24.3 Å². The number of Topliss-reactive ketones (excluding diaryl/α,β-unsaturated/α-hetero) is 1. The van der Waals surface area contributed by atoms with Crippen molar-refractivity contribution in [1.82, 2.24) is 0 Å². The van der Waals surface area contributed by atoms with Crippen LogP contribution in [0, 0.1) is 16.7 Å². The van der Waals surface area contributed by atoms with Crippen LogP contribution in [0.1, 0.15) is 51.0 Å². The number of rotatable bonds is 4. The molecule has 2 aliphatic carbocycles. The van der Waals surface area contributed by atoms with Gasteiger partial charge in [0.05, 0.1) is 0 Å². The molecule has 2 bridgehead atoms. The summed E-state index contributed by atoms with van der Waals surface area (Å²) >= 11 is 0. The van der Waals surface area contributed by atoms with E-state index in [4.69, 9.17) is 9.47 Å². The zero-order valence-corrected chi connectivity index (χ0v) is 14.7. The van der Waals surface area contributed by atoms with E-state index >= 15 is 0 Å². The fourth-order valence-corrected chi connectivity index (χ4v) is 4.39. The van der Waals surface area contributed by atoms with Crippen LogP contribution in [0.15, 0.2) is 29.8 Å². The van der Waals surface area contributed by atoms with Crippen molar-refractivity contribution in [1.29, 1.82) is 0 Å². The summed E-state index contributed by atoms with van der Waals surface area (Å²) in [7, 11) is 3.25. The van der Waals surface area contributed by atoms with Crippen LogP contribution >= 0.6 is 0 Å². The Bertz CT molecular complexity index is 637. The lowest BCUT2D eigenvalue weighted by Gasteiger charge is -2.31. The normalized spacial score (nSPS) is 30.6. The van der Waals surface area contributed by atoms with Crippen molar-refractivity contribution in [3.63, 3.8) is 0 Å². The van der Waals surface area contributed by atoms with Gasteiger partial charge >= 0.3 is 0 Å². The minimum Gasteiger partial charge on any atom is -0.352 e. The Hall–Kier alpha value is -1.45. The smallest absolute Gasteiger partial charge is 0.183 e. The summed E-state index contributed by atoms with van der Waals surface area (Å²) in [5.41, 5.74) is 2.92. The number of ether oxygens (including phenoxy) is 2. The van der Waals surface area contributed by atoms with Gasteiger partial charge in [-0.25, -0.2) is 0 Å². The average molecular weight is 314 g/mol. The van der Waals surface area contributed by atoms with Crippen molar-refractivity contribution >= 4 is 11.9 Å². The zero-order chi connectivity index (χ0) is 16.8. The second-order valence-electron chi connectivity index (χ2n) is 7.54. The van der Waals surface area contributed by atoms with Crippen LogP contribution in [0.4, 0.5) is 0 Å². The highest BCUT2D eigenvalue weighted by Gasteiger charge is 2.63. The van der Waals surface area contributed by atoms with E-state index in [-0.39, 0.29) is 17.1 Å². The van der Waals surface area contributed by atoms with Gasteiger partial charge in [0, 0.05) is 25.2 Å². The Morgan fingerprint density at radius 3 is 2.22 bits per heavy atom. The van der Waals surface area contributed by atoms with Gasteiger partial charge in [0.25, 0.3) is 0 Å². The topological polar surface area (TPSA) is 35.5 Å². The number of ketones is 1. The van der Waals surface area contributed by atoms with Crippen LogP contribution in [0.3, 0.4) is 0 Å². The fraction of sp³-hybridized carbons (Fsp3) is 0.550. The van der Waals surface area contributed by atoms with Crippen LogP contribution in [0.5, 0.6) is 0 Å². The summed E-state index contributed by atoms with van der Waals surface area (Å²) in [4.78, 5) is 12.9. The highest BCUT2D eigenvalue weighted by atomic mass is 16.7. The number of hydrogen-bond acceptors (Lipinski definition) is 3. The minimum absolute atomic E-state index is 0.0626. The molecular weight excluding hydrogens is 288 g/mol. The van der Waals surface area contributed by atoms with Crippen molar-refractivity contribution in [2.24, 2.45) is 16.7 Å². The van der Waals surface area contributed by atoms with Crippen LogP contribution in [0.2, 0.25) is 0 Å². The molecule has 0 spiro atoms. The maximum atomic E-state index is 12.9. The first-order valence-electron chi connectivity index (χ1n) is 8.27. The first-order valence-corrected chi connectivity index (χ1v) is 8.27. The lowest BCUT2D eigenvalue weighted by molar-refractivity contribution is -0.125. The van der Waals surface area contributed by atoms with E-state index in [0.717, 1.165) is 29.5 Å². The molecule has 0 aliphatic heterocycles. The molecule has 3 nitrogen and oxygen atoms in total. The molecule has 0 radical (unpaired) electrons. The Morgan fingerprint density at radius 1 is 1.13 bits per heavy atom. The molecule has 23 heavy (non-hydrogen) atoms. The van der Waals surface area contributed by atoms with E-state index in [9.17, 15) is 4.79 Å². The van der Waals surface area contributed by atoms with Crippen molar-refractivity contribution < 1.29 is 14.3 Å². The zero-order valence-electron chi connectivity index (χ0n) is 14.7. The number of allylic oxidation sites excluding steroid dienone is 1. The minimum atomic E-state index is -0.348. The highest BCUT2D eigenvalue weighted by Crippen LogP contribution is 2.65. The van der Waals surface area contributed by atoms with Gasteiger partial charge in [-0.1, -0.05) is 45.0 Å². The molecule has 3 heteroatoms. The van der Waals surface area contributed by atoms with E-state index in [1.54, 1.807) is 14.2 Å². The van der Waals surface area contributed by atoms with Gasteiger partial charge in [0.2, 0.25) is 0 Å². The summed E-state index contributed by atoms with van der Waals surface area (Å²) in [6, 6.07) is 8.05. The molecule has 2 aliphatic rings. The largest absolute Gasteiger partial charge is 0.352 e. The molecule has 2 atom stereocenters. The summed E-state index contributed by atoms with van der Waals surface area (Å²) in [6.07, 6.45) is 3.87. The third-order valence-electron chi connectivity index (χ3n) is 6.32. The second-order valence-corrected chi connectivity index (χ2v) is 7.54. The predicted octanol–water partition coefficient (Wildman–Crippen LogP) is 4.39. The molecule has 1 aromatic rings. The third kappa shape index (κ3) is 2.29. The average Bonchev–Trinajstić information content (AvgIpc) is 2.84. The molecular formula is C20H26O3. The summed E-state index contributed by atoms with van der Waals surface area (Å²) < 4.78 is 10.5. The molecule has 0 saturated heterocycles. The summed E-state index contributed by atoms with van der Waals surface area (Å²) in [5.74, 6) is 0.722. The molecule has 0 N–H and O–H groups in total. The van der Waals surface area contributed by atoms with E-state index in [1.165, 1.54) is 0 Å². The van der Waals surface area contributed by atoms with Crippen molar-refractivity contribution in [2.45, 2.75) is 39.9 Å².